The van der Waals surface area contributed by atoms with Crippen LogP contribution in [0.5, 0.6) is 0 Å². The summed E-state index contributed by atoms with van der Waals surface area (Å²) in [6.07, 6.45) is 0. The van der Waals surface area contributed by atoms with E-state index in [0.717, 1.165) is 17.0 Å². The topological polar surface area (TPSA) is 77.1 Å². The van der Waals surface area contributed by atoms with Gasteiger partial charge in [0, 0.05) is 12.0 Å². The number of carboxylic acids is 1. The molecule has 0 aliphatic rings. The Morgan fingerprint density at radius 2 is 1.70 bits per heavy atom. The largest absolute Gasteiger partial charge is 0.478 e. The molecular weight excluding hydrogens is 378 g/mol. The zero-order valence-electron chi connectivity index (χ0n) is 18.2. The highest BCUT2D eigenvalue weighted by Gasteiger charge is 2.25. The summed E-state index contributed by atoms with van der Waals surface area (Å²) in [5, 5.41) is 14.0. The Kier molecular flexibility index (Phi) is 5.97. The van der Waals surface area contributed by atoms with Gasteiger partial charge in [-0.1, -0.05) is 77.1 Å². The molecule has 1 N–H and O–H groups in total. The molecule has 30 heavy (non-hydrogen) atoms. The smallest absolute Gasteiger partial charge is 0.346 e. The third-order valence-electron chi connectivity index (χ3n) is 4.89. The maximum Gasteiger partial charge on any atom is 0.346 e. The van der Waals surface area contributed by atoms with E-state index < -0.39 is 5.97 Å². The maximum absolute atomic E-state index is 13.0. The van der Waals surface area contributed by atoms with Crippen molar-refractivity contribution in [2.75, 3.05) is 0 Å². The Morgan fingerprint density at radius 3 is 2.27 bits per heavy atom. The van der Waals surface area contributed by atoms with Crippen LogP contribution in [0.15, 0.2) is 53.3 Å². The average Bonchev–Trinajstić information content (AvgIpc) is 2.98. The van der Waals surface area contributed by atoms with Crippen molar-refractivity contribution in [3.8, 4) is 11.1 Å². The van der Waals surface area contributed by atoms with Crippen molar-refractivity contribution in [3.63, 3.8) is 0 Å². The van der Waals surface area contributed by atoms with Crippen molar-refractivity contribution >= 4 is 5.97 Å². The van der Waals surface area contributed by atoms with Gasteiger partial charge in [-0.3, -0.25) is 4.57 Å². The Bertz CT molecular complexity index is 1100. The van der Waals surface area contributed by atoms with Crippen LogP contribution < -0.4 is 5.69 Å². The van der Waals surface area contributed by atoms with Crippen LogP contribution in [-0.2, 0) is 18.5 Å². The van der Waals surface area contributed by atoms with Crippen molar-refractivity contribution in [2.45, 2.75) is 53.1 Å². The highest BCUT2D eigenvalue weighted by Crippen LogP contribution is 2.25. The zero-order valence-corrected chi connectivity index (χ0v) is 18.2. The molecule has 6 heteroatoms. The number of hydrogen-bond donors (Lipinski definition) is 1. The number of benzene rings is 2. The standard InChI is InChI=1S/C24H29N3O3/c1-16(2)14-27-23(30)26(22(25-27)24(3,4)5)15-17-10-12-18(13-11-17)19-8-6-7-9-20(19)21(28)29/h6-13,16H,14-15H2,1-5H3,(H,28,29). The normalized spacial score (nSPS) is 11.8. The predicted molar refractivity (Wildman–Crippen MR) is 118 cm³/mol. The van der Waals surface area contributed by atoms with Crippen LogP contribution in [-0.4, -0.2) is 25.4 Å². The predicted octanol–water partition coefficient (Wildman–Crippen LogP) is 4.41. The number of carbonyl (C=O) groups is 1. The monoisotopic (exact) mass is 407 g/mol. The number of aromatic carboxylic acids is 1. The summed E-state index contributed by atoms with van der Waals surface area (Å²) in [5.41, 5.74) is 2.37. The van der Waals surface area contributed by atoms with Gasteiger partial charge < -0.3 is 5.11 Å². The Morgan fingerprint density at radius 1 is 1.07 bits per heavy atom. The maximum atomic E-state index is 13.0. The molecule has 0 aliphatic carbocycles. The van der Waals surface area contributed by atoms with Gasteiger partial charge in [-0.2, -0.15) is 5.10 Å². The molecule has 0 aliphatic heterocycles. The summed E-state index contributed by atoms with van der Waals surface area (Å²) in [7, 11) is 0. The number of hydrogen-bond acceptors (Lipinski definition) is 3. The lowest BCUT2D eigenvalue weighted by atomic mass is 9.95. The fraction of sp³-hybridized carbons (Fsp3) is 0.375. The summed E-state index contributed by atoms with van der Waals surface area (Å²) >= 11 is 0. The van der Waals surface area contributed by atoms with E-state index in [2.05, 4.69) is 39.7 Å². The SMILES string of the molecule is CC(C)Cn1nc(C(C)(C)C)n(Cc2ccc(-c3ccccc3C(=O)O)cc2)c1=O. The molecule has 158 valence electrons. The highest BCUT2D eigenvalue weighted by molar-refractivity contribution is 5.95. The van der Waals surface area contributed by atoms with E-state index in [0.29, 0.717) is 24.6 Å². The summed E-state index contributed by atoms with van der Waals surface area (Å²) in [6, 6.07) is 14.6. The van der Waals surface area contributed by atoms with Gasteiger partial charge in [0.1, 0.15) is 5.82 Å². The minimum absolute atomic E-state index is 0.103. The minimum Gasteiger partial charge on any atom is -0.478 e. The molecule has 0 bridgehead atoms. The van der Waals surface area contributed by atoms with Gasteiger partial charge in [0.05, 0.1) is 12.1 Å². The number of rotatable bonds is 6. The fourth-order valence-electron chi connectivity index (χ4n) is 3.50. The second kappa shape index (κ2) is 8.30. The Hall–Kier alpha value is -3.15. The van der Waals surface area contributed by atoms with E-state index >= 15 is 0 Å². The van der Waals surface area contributed by atoms with Gasteiger partial charge in [0.2, 0.25) is 0 Å². The van der Waals surface area contributed by atoms with Crippen molar-refractivity contribution in [1.82, 2.24) is 14.3 Å². The number of nitrogens with zero attached hydrogens (tertiary/aromatic N) is 3. The summed E-state index contributed by atoms with van der Waals surface area (Å²) < 4.78 is 3.30. The van der Waals surface area contributed by atoms with Crippen molar-refractivity contribution in [3.05, 3.63) is 76.0 Å². The molecule has 0 radical (unpaired) electrons. The van der Waals surface area contributed by atoms with Crippen LogP contribution in [0.25, 0.3) is 11.1 Å². The van der Waals surface area contributed by atoms with E-state index in [1.807, 2.05) is 30.3 Å². The number of carboxylic acid groups (broad SMARTS) is 1. The number of aromatic nitrogens is 3. The Labute approximate surface area is 176 Å². The molecule has 3 rings (SSSR count). The summed E-state index contributed by atoms with van der Waals surface area (Å²) in [6.45, 7) is 11.3. The van der Waals surface area contributed by atoms with Gasteiger partial charge in [-0.15, -0.1) is 0 Å². The van der Waals surface area contributed by atoms with Crippen molar-refractivity contribution < 1.29 is 9.90 Å². The quantitative estimate of drug-likeness (QED) is 0.656. The van der Waals surface area contributed by atoms with Crippen LogP contribution in [0.2, 0.25) is 0 Å². The van der Waals surface area contributed by atoms with E-state index in [-0.39, 0.29) is 16.7 Å². The molecule has 6 nitrogen and oxygen atoms in total. The lowest BCUT2D eigenvalue weighted by Gasteiger charge is -2.18. The van der Waals surface area contributed by atoms with E-state index in [1.54, 1.807) is 27.4 Å². The molecule has 3 aromatic rings. The third-order valence-corrected chi connectivity index (χ3v) is 4.89. The molecule has 0 spiro atoms. The fourth-order valence-corrected chi connectivity index (χ4v) is 3.50. The molecule has 0 unspecified atom stereocenters. The van der Waals surface area contributed by atoms with Crippen LogP contribution >= 0.6 is 0 Å². The first kappa shape index (κ1) is 21.6. The molecule has 2 aromatic carbocycles. The lowest BCUT2D eigenvalue weighted by molar-refractivity contribution is 0.0697. The van der Waals surface area contributed by atoms with E-state index in [1.165, 1.54) is 0 Å². The van der Waals surface area contributed by atoms with Gasteiger partial charge in [-0.25, -0.2) is 14.3 Å². The molecule has 0 saturated heterocycles. The second-order valence-electron chi connectivity index (χ2n) is 9.07. The molecule has 0 atom stereocenters. The first-order valence-corrected chi connectivity index (χ1v) is 10.2. The van der Waals surface area contributed by atoms with Gasteiger partial charge in [0.25, 0.3) is 0 Å². The van der Waals surface area contributed by atoms with E-state index in [4.69, 9.17) is 0 Å². The molecule has 0 amide bonds. The molecule has 0 fully saturated rings. The lowest BCUT2D eigenvalue weighted by Crippen LogP contribution is -2.29. The van der Waals surface area contributed by atoms with Gasteiger partial charge in [-0.05, 0) is 28.7 Å². The van der Waals surface area contributed by atoms with Gasteiger partial charge >= 0.3 is 11.7 Å². The average molecular weight is 408 g/mol. The van der Waals surface area contributed by atoms with Crippen LogP contribution in [0.1, 0.15) is 56.4 Å². The van der Waals surface area contributed by atoms with Crippen LogP contribution in [0, 0.1) is 5.92 Å². The van der Waals surface area contributed by atoms with Crippen LogP contribution in [0.3, 0.4) is 0 Å². The highest BCUT2D eigenvalue weighted by atomic mass is 16.4. The van der Waals surface area contributed by atoms with Crippen molar-refractivity contribution in [2.24, 2.45) is 5.92 Å². The minimum atomic E-state index is -0.950. The first-order chi connectivity index (χ1) is 14.1. The van der Waals surface area contributed by atoms with Crippen LogP contribution in [0.4, 0.5) is 0 Å². The summed E-state index contributed by atoms with van der Waals surface area (Å²) in [5.74, 6) is 0.134. The first-order valence-electron chi connectivity index (χ1n) is 10.2. The second-order valence-corrected chi connectivity index (χ2v) is 9.07. The van der Waals surface area contributed by atoms with E-state index in [9.17, 15) is 14.7 Å². The summed E-state index contributed by atoms with van der Waals surface area (Å²) in [4.78, 5) is 24.5. The third kappa shape index (κ3) is 4.53. The molecular formula is C24H29N3O3. The van der Waals surface area contributed by atoms with Gasteiger partial charge in [0.15, 0.2) is 0 Å². The molecule has 1 aromatic heterocycles. The Balaban J connectivity index is 1.96. The molecule has 1 heterocycles. The zero-order chi connectivity index (χ0) is 22.1. The molecule has 0 saturated carbocycles. The van der Waals surface area contributed by atoms with Crippen molar-refractivity contribution in [1.29, 1.82) is 0 Å².